The lowest BCUT2D eigenvalue weighted by atomic mass is 9.80. The minimum Gasteiger partial charge on any atom is -0.449 e. The Morgan fingerprint density at radius 3 is 2.33 bits per heavy atom. The summed E-state index contributed by atoms with van der Waals surface area (Å²) in [5.41, 5.74) is 2.24. The van der Waals surface area contributed by atoms with E-state index < -0.39 is 0 Å². The molecule has 21 heavy (non-hydrogen) atoms. The molecule has 5 heteroatoms. The molecule has 1 heterocycles. The van der Waals surface area contributed by atoms with Gasteiger partial charge in [0.05, 0.1) is 6.04 Å². The summed E-state index contributed by atoms with van der Waals surface area (Å²) >= 11 is 0. The molecule has 0 aromatic heterocycles. The smallest absolute Gasteiger partial charge is 0.407 e. The van der Waals surface area contributed by atoms with Crippen LogP contribution in [0.15, 0.2) is 24.3 Å². The van der Waals surface area contributed by atoms with Crippen molar-refractivity contribution in [3.05, 3.63) is 29.8 Å². The number of alkyl carbamates (subject to hydrolysis) is 1. The van der Waals surface area contributed by atoms with Crippen molar-refractivity contribution in [1.82, 2.24) is 5.32 Å². The van der Waals surface area contributed by atoms with Gasteiger partial charge in [-0.1, -0.05) is 26.0 Å². The Morgan fingerprint density at radius 2 is 1.81 bits per heavy atom. The molecule has 118 valence electrons. The van der Waals surface area contributed by atoms with Crippen LogP contribution in [0.25, 0.3) is 0 Å². The second-order valence-corrected chi connectivity index (χ2v) is 5.91. The molecule has 1 aromatic rings. The van der Waals surface area contributed by atoms with Crippen LogP contribution in [0, 0.1) is 5.41 Å². The van der Waals surface area contributed by atoms with Gasteiger partial charge in [-0.2, -0.15) is 0 Å². The van der Waals surface area contributed by atoms with Gasteiger partial charge >= 0.3 is 6.09 Å². The van der Waals surface area contributed by atoms with Crippen LogP contribution >= 0.6 is 12.4 Å². The Bertz CT molecular complexity index is 470. The van der Waals surface area contributed by atoms with E-state index in [2.05, 4.69) is 62.2 Å². The zero-order valence-corrected chi connectivity index (χ0v) is 14.0. The minimum absolute atomic E-state index is 0. The average molecular weight is 313 g/mol. The maximum Gasteiger partial charge on any atom is 0.407 e. The fourth-order valence-electron chi connectivity index (χ4n) is 2.69. The first-order valence-electron chi connectivity index (χ1n) is 7.26. The summed E-state index contributed by atoms with van der Waals surface area (Å²) in [6.07, 6.45) is -0.331. The number of nitrogens with zero attached hydrogens (tertiary/aromatic N) is 1. The van der Waals surface area contributed by atoms with Gasteiger partial charge in [0.25, 0.3) is 0 Å². The third-order valence-corrected chi connectivity index (χ3v) is 3.97. The number of hydrogen-bond donors (Lipinski definition) is 1. The molecule has 1 amide bonds. The highest BCUT2D eigenvalue weighted by Gasteiger charge is 2.37. The van der Waals surface area contributed by atoms with Crippen LogP contribution < -0.4 is 10.2 Å². The number of cyclic esters (lactones) is 1. The van der Waals surface area contributed by atoms with Crippen molar-refractivity contribution in [3.8, 4) is 0 Å². The zero-order valence-electron chi connectivity index (χ0n) is 13.2. The highest BCUT2D eigenvalue weighted by molar-refractivity contribution is 5.85. The van der Waals surface area contributed by atoms with Crippen LogP contribution in [-0.4, -0.2) is 25.8 Å². The fraction of sp³-hybridized carbons (Fsp3) is 0.562. The molecule has 0 bridgehead atoms. The Morgan fingerprint density at radius 1 is 1.24 bits per heavy atom. The lowest BCUT2D eigenvalue weighted by molar-refractivity contribution is 0.0387. The summed E-state index contributed by atoms with van der Waals surface area (Å²) < 4.78 is 5.08. The summed E-state index contributed by atoms with van der Waals surface area (Å²) in [5.74, 6) is 0. The van der Waals surface area contributed by atoms with E-state index in [1.54, 1.807) is 0 Å². The van der Waals surface area contributed by atoms with E-state index in [0.29, 0.717) is 6.61 Å². The Balaban J connectivity index is 0.00000220. The third kappa shape index (κ3) is 3.82. The quantitative estimate of drug-likeness (QED) is 0.920. The first kappa shape index (κ1) is 17.6. The minimum atomic E-state index is -0.331. The average Bonchev–Trinajstić information content (AvgIpc) is 2.44. The molecule has 4 nitrogen and oxygen atoms in total. The predicted octanol–water partition coefficient (Wildman–Crippen LogP) is 3.76. The number of anilines is 1. The number of hydrogen-bond acceptors (Lipinski definition) is 3. The molecule has 0 unspecified atom stereocenters. The first-order valence-corrected chi connectivity index (χ1v) is 7.26. The number of ether oxygens (including phenoxy) is 1. The second-order valence-electron chi connectivity index (χ2n) is 5.91. The van der Waals surface area contributed by atoms with E-state index in [0.717, 1.165) is 18.7 Å². The van der Waals surface area contributed by atoms with Crippen molar-refractivity contribution in [2.75, 3.05) is 24.6 Å². The topological polar surface area (TPSA) is 41.6 Å². The lowest BCUT2D eigenvalue weighted by Gasteiger charge is -2.38. The number of amides is 1. The Labute approximate surface area is 133 Å². The maximum atomic E-state index is 11.5. The first-order chi connectivity index (χ1) is 9.47. The third-order valence-electron chi connectivity index (χ3n) is 3.97. The largest absolute Gasteiger partial charge is 0.449 e. The molecule has 0 saturated carbocycles. The van der Waals surface area contributed by atoms with Crippen molar-refractivity contribution in [3.63, 3.8) is 0 Å². The van der Waals surface area contributed by atoms with Crippen molar-refractivity contribution >= 4 is 24.2 Å². The fourth-order valence-corrected chi connectivity index (χ4v) is 2.69. The van der Waals surface area contributed by atoms with Crippen LogP contribution in [-0.2, 0) is 4.74 Å². The molecule has 1 fully saturated rings. The molecule has 2 rings (SSSR count). The standard InChI is InChI=1S/C16H24N2O2.ClH/c1-5-18(6-2)13-9-7-12(8-10-13)14-16(3,4)11-20-15(19)17-14;/h7-10,14H,5-6,11H2,1-4H3,(H,17,19);1H/t14-;/m0./s1. The van der Waals surface area contributed by atoms with Gasteiger partial charge in [0.1, 0.15) is 6.61 Å². The summed E-state index contributed by atoms with van der Waals surface area (Å²) in [5, 5.41) is 2.92. The lowest BCUT2D eigenvalue weighted by Crippen LogP contribution is -2.46. The van der Waals surface area contributed by atoms with E-state index in [4.69, 9.17) is 4.74 Å². The van der Waals surface area contributed by atoms with E-state index in [-0.39, 0.29) is 30.0 Å². The Hall–Kier alpha value is -1.42. The predicted molar refractivity (Wildman–Crippen MR) is 88.3 cm³/mol. The molecular weight excluding hydrogens is 288 g/mol. The van der Waals surface area contributed by atoms with Gasteiger partial charge in [-0.25, -0.2) is 4.79 Å². The molecule has 1 saturated heterocycles. The molecule has 1 aliphatic rings. The van der Waals surface area contributed by atoms with Crippen molar-refractivity contribution < 1.29 is 9.53 Å². The number of carbonyl (C=O) groups is 1. The summed E-state index contributed by atoms with van der Waals surface area (Å²) in [6.45, 7) is 11.0. The number of halogens is 1. The molecule has 1 aromatic carbocycles. The van der Waals surface area contributed by atoms with Gasteiger partial charge in [-0.15, -0.1) is 12.4 Å². The van der Waals surface area contributed by atoms with Crippen LogP contribution in [0.5, 0.6) is 0 Å². The van der Waals surface area contributed by atoms with Gasteiger partial charge in [0.15, 0.2) is 0 Å². The zero-order chi connectivity index (χ0) is 14.8. The van der Waals surface area contributed by atoms with Crippen molar-refractivity contribution in [1.29, 1.82) is 0 Å². The van der Waals surface area contributed by atoms with Crippen molar-refractivity contribution in [2.45, 2.75) is 33.7 Å². The molecular formula is C16H25ClN2O2. The molecule has 0 radical (unpaired) electrons. The molecule has 0 aliphatic carbocycles. The van der Waals surface area contributed by atoms with Gasteiger partial charge in [-0.05, 0) is 31.5 Å². The van der Waals surface area contributed by atoms with Gasteiger partial charge in [0, 0.05) is 24.2 Å². The van der Waals surface area contributed by atoms with E-state index in [9.17, 15) is 4.79 Å². The van der Waals surface area contributed by atoms with Gasteiger partial charge < -0.3 is 15.0 Å². The number of carbonyl (C=O) groups excluding carboxylic acids is 1. The summed E-state index contributed by atoms with van der Waals surface area (Å²) in [6, 6.07) is 8.45. The summed E-state index contributed by atoms with van der Waals surface area (Å²) in [4.78, 5) is 13.8. The molecule has 0 spiro atoms. The van der Waals surface area contributed by atoms with E-state index >= 15 is 0 Å². The highest BCUT2D eigenvalue weighted by Crippen LogP contribution is 2.36. The van der Waals surface area contributed by atoms with Gasteiger partial charge in [0.2, 0.25) is 0 Å². The summed E-state index contributed by atoms with van der Waals surface area (Å²) in [7, 11) is 0. The highest BCUT2D eigenvalue weighted by atomic mass is 35.5. The molecule has 1 N–H and O–H groups in total. The van der Waals surface area contributed by atoms with E-state index in [1.807, 2.05) is 0 Å². The van der Waals surface area contributed by atoms with Gasteiger partial charge in [-0.3, -0.25) is 0 Å². The number of nitrogens with one attached hydrogen (secondary N) is 1. The van der Waals surface area contributed by atoms with Crippen LogP contribution in [0.2, 0.25) is 0 Å². The van der Waals surface area contributed by atoms with Crippen LogP contribution in [0.4, 0.5) is 10.5 Å². The number of benzene rings is 1. The SMILES string of the molecule is CCN(CC)c1ccc([C@@H]2NC(=O)OCC2(C)C)cc1.Cl. The second kappa shape index (κ2) is 7.03. The normalized spacial score (nSPS) is 20.0. The maximum absolute atomic E-state index is 11.5. The van der Waals surface area contributed by atoms with Crippen LogP contribution in [0.3, 0.4) is 0 Å². The van der Waals surface area contributed by atoms with Crippen LogP contribution in [0.1, 0.15) is 39.3 Å². The monoisotopic (exact) mass is 312 g/mol. The van der Waals surface area contributed by atoms with Crippen molar-refractivity contribution in [2.24, 2.45) is 5.41 Å². The molecule has 1 aliphatic heterocycles. The number of rotatable bonds is 4. The Kier molecular flexibility index (Phi) is 5.90. The molecule has 1 atom stereocenters. The van der Waals surface area contributed by atoms with E-state index in [1.165, 1.54) is 5.69 Å².